The number of rotatable bonds is 4. The molecule has 0 amide bonds. The van der Waals surface area contributed by atoms with Crippen molar-refractivity contribution in [2.75, 3.05) is 0 Å². The Bertz CT molecular complexity index is 1260. The van der Waals surface area contributed by atoms with Gasteiger partial charge in [0.1, 0.15) is 0 Å². The van der Waals surface area contributed by atoms with E-state index in [0.717, 1.165) is 5.56 Å². The highest BCUT2D eigenvalue weighted by molar-refractivity contribution is 7.25. The number of thiophene rings is 1. The topological polar surface area (TPSA) is 12.4 Å². The van der Waals surface area contributed by atoms with Gasteiger partial charge in [-0.05, 0) is 40.5 Å². The number of nitrogens with zero attached hydrogens (tertiary/aromatic N) is 1. The molecule has 1 heterocycles. The largest absolute Gasteiger partial charge is 0.288 e. The zero-order valence-electron chi connectivity index (χ0n) is 15.4. The lowest BCUT2D eigenvalue weighted by atomic mass is 10.0. The summed E-state index contributed by atoms with van der Waals surface area (Å²) in [5.74, 6) is 0. The summed E-state index contributed by atoms with van der Waals surface area (Å²) in [6.07, 6.45) is 1.95. The van der Waals surface area contributed by atoms with Crippen LogP contribution < -0.4 is 0 Å². The molecule has 4 aromatic carbocycles. The summed E-state index contributed by atoms with van der Waals surface area (Å²) in [5, 5.41) is 2.68. The van der Waals surface area contributed by atoms with E-state index >= 15 is 0 Å². The third-order valence-corrected chi connectivity index (χ3v) is 6.13. The first kappa shape index (κ1) is 16.9. The maximum atomic E-state index is 4.56. The van der Waals surface area contributed by atoms with Crippen molar-refractivity contribution < 1.29 is 0 Å². The monoisotopic (exact) mass is 377 g/mol. The lowest BCUT2D eigenvalue weighted by Crippen LogP contribution is -1.85. The van der Waals surface area contributed by atoms with E-state index in [-0.39, 0.29) is 0 Å². The normalized spacial score (nSPS) is 11.6. The van der Waals surface area contributed by atoms with Crippen molar-refractivity contribution in [2.24, 2.45) is 4.99 Å². The highest BCUT2D eigenvalue weighted by atomic mass is 32.1. The van der Waals surface area contributed by atoms with Gasteiger partial charge in [-0.1, -0.05) is 78.9 Å². The first-order valence-electron chi connectivity index (χ1n) is 9.42. The molecule has 0 atom stereocenters. The lowest BCUT2D eigenvalue weighted by Gasteiger charge is -2.03. The van der Waals surface area contributed by atoms with Crippen LogP contribution in [0.2, 0.25) is 0 Å². The van der Waals surface area contributed by atoms with E-state index in [1.807, 2.05) is 35.8 Å². The summed E-state index contributed by atoms with van der Waals surface area (Å²) >= 11 is 1.86. The van der Waals surface area contributed by atoms with E-state index in [0.29, 0.717) is 6.54 Å². The second-order valence-corrected chi connectivity index (χ2v) is 7.97. The fourth-order valence-corrected chi connectivity index (χ4v) is 4.59. The highest BCUT2D eigenvalue weighted by Gasteiger charge is 2.06. The molecule has 0 saturated heterocycles. The smallest absolute Gasteiger partial charge is 0.0639 e. The van der Waals surface area contributed by atoms with Crippen LogP contribution in [-0.4, -0.2) is 6.21 Å². The fourth-order valence-electron chi connectivity index (χ4n) is 3.51. The van der Waals surface area contributed by atoms with Crippen LogP contribution in [-0.2, 0) is 6.54 Å². The van der Waals surface area contributed by atoms with Crippen molar-refractivity contribution in [3.05, 3.63) is 108 Å². The van der Waals surface area contributed by atoms with Crippen LogP contribution in [0.3, 0.4) is 0 Å². The number of hydrogen-bond donors (Lipinski definition) is 0. The molecule has 0 N–H and O–H groups in total. The van der Waals surface area contributed by atoms with Gasteiger partial charge in [0.15, 0.2) is 0 Å². The molecule has 134 valence electrons. The van der Waals surface area contributed by atoms with Gasteiger partial charge in [-0.3, -0.25) is 4.99 Å². The van der Waals surface area contributed by atoms with Crippen LogP contribution >= 0.6 is 11.3 Å². The van der Waals surface area contributed by atoms with E-state index < -0.39 is 0 Å². The van der Waals surface area contributed by atoms with Gasteiger partial charge in [0.2, 0.25) is 0 Å². The second kappa shape index (κ2) is 7.41. The lowest BCUT2D eigenvalue weighted by molar-refractivity contribution is 1.08. The van der Waals surface area contributed by atoms with Gasteiger partial charge in [0.25, 0.3) is 0 Å². The molecular formula is C26H19NS. The third-order valence-electron chi connectivity index (χ3n) is 4.98. The average Bonchev–Trinajstić information content (AvgIpc) is 3.13. The van der Waals surface area contributed by atoms with E-state index in [1.165, 1.54) is 36.9 Å². The van der Waals surface area contributed by atoms with E-state index in [1.54, 1.807) is 0 Å². The molecule has 2 heteroatoms. The average molecular weight is 378 g/mol. The summed E-state index contributed by atoms with van der Waals surface area (Å²) in [5.41, 5.74) is 4.84. The highest BCUT2D eigenvalue weighted by Crippen LogP contribution is 2.36. The Morgan fingerprint density at radius 2 is 1.36 bits per heavy atom. The molecule has 0 spiro atoms. The molecule has 0 fully saturated rings. The predicted molar refractivity (Wildman–Crippen MR) is 123 cm³/mol. The van der Waals surface area contributed by atoms with Gasteiger partial charge in [-0.15, -0.1) is 11.3 Å². The molecule has 0 aliphatic carbocycles. The third kappa shape index (κ3) is 3.35. The Morgan fingerprint density at radius 3 is 2.21 bits per heavy atom. The zero-order valence-corrected chi connectivity index (χ0v) is 16.2. The second-order valence-electron chi connectivity index (χ2n) is 6.89. The van der Waals surface area contributed by atoms with Crippen molar-refractivity contribution in [2.45, 2.75) is 6.54 Å². The van der Waals surface area contributed by atoms with Crippen LogP contribution in [0, 0.1) is 0 Å². The van der Waals surface area contributed by atoms with Crippen LogP contribution in [0.5, 0.6) is 0 Å². The van der Waals surface area contributed by atoms with Gasteiger partial charge in [-0.25, -0.2) is 0 Å². The molecular weight excluding hydrogens is 358 g/mol. The van der Waals surface area contributed by atoms with Crippen molar-refractivity contribution >= 4 is 37.7 Å². The Hall–Kier alpha value is -3.23. The van der Waals surface area contributed by atoms with E-state index in [4.69, 9.17) is 0 Å². The first-order chi connectivity index (χ1) is 13.9. The standard InChI is InChI=1S/C26H19NS/c1-2-6-19(7-3-1)17-27-18-20-10-12-21(13-11-20)22-14-15-26-24(16-22)23-8-4-5-9-25(23)28-26/h1-16,18H,17H2. The van der Waals surface area contributed by atoms with Crippen LogP contribution in [0.15, 0.2) is 102 Å². The minimum Gasteiger partial charge on any atom is -0.288 e. The molecule has 0 aliphatic rings. The Labute approximate surface area is 168 Å². The molecule has 0 aliphatic heterocycles. The number of hydrogen-bond acceptors (Lipinski definition) is 2. The minimum atomic E-state index is 0.713. The summed E-state index contributed by atoms with van der Waals surface area (Å²) in [6, 6.07) is 34.4. The molecule has 28 heavy (non-hydrogen) atoms. The molecule has 1 aromatic heterocycles. The number of fused-ring (bicyclic) bond motifs is 3. The van der Waals surface area contributed by atoms with E-state index in [9.17, 15) is 0 Å². The van der Waals surface area contributed by atoms with Gasteiger partial charge < -0.3 is 0 Å². The molecule has 0 radical (unpaired) electrons. The van der Waals surface area contributed by atoms with Crippen molar-refractivity contribution in [3.63, 3.8) is 0 Å². The van der Waals surface area contributed by atoms with Gasteiger partial charge in [0.05, 0.1) is 6.54 Å². The predicted octanol–water partition coefficient (Wildman–Crippen LogP) is 7.34. The van der Waals surface area contributed by atoms with Crippen molar-refractivity contribution in [1.82, 2.24) is 0 Å². The van der Waals surface area contributed by atoms with Crippen LogP contribution in [0.1, 0.15) is 11.1 Å². The van der Waals surface area contributed by atoms with Crippen molar-refractivity contribution in [1.29, 1.82) is 0 Å². The Morgan fingerprint density at radius 1 is 0.643 bits per heavy atom. The van der Waals surface area contributed by atoms with Gasteiger partial charge in [-0.2, -0.15) is 0 Å². The first-order valence-corrected chi connectivity index (χ1v) is 10.2. The van der Waals surface area contributed by atoms with Crippen LogP contribution in [0.25, 0.3) is 31.3 Å². The number of benzene rings is 4. The zero-order chi connectivity index (χ0) is 18.8. The molecule has 0 bridgehead atoms. The molecule has 5 aromatic rings. The minimum absolute atomic E-state index is 0.713. The summed E-state index contributed by atoms with van der Waals surface area (Å²) in [7, 11) is 0. The maximum absolute atomic E-state index is 4.56. The van der Waals surface area contributed by atoms with Crippen molar-refractivity contribution in [3.8, 4) is 11.1 Å². The van der Waals surface area contributed by atoms with Gasteiger partial charge >= 0.3 is 0 Å². The Balaban J connectivity index is 1.40. The summed E-state index contributed by atoms with van der Waals surface area (Å²) in [6.45, 7) is 0.713. The molecule has 1 nitrogen and oxygen atoms in total. The molecule has 0 saturated carbocycles. The molecule has 0 unspecified atom stereocenters. The summed E-state index contributed by atoms with van der Waals surface area (Å²) in [4.78, 5) is 4.56. The quantitative estimate of drug-likeness (QED) is 0.291. The Kier molecular flexibility index (Phi) is 4.48. The maximum Gasteiger partial charge on any atom is 0.0639 e. The number of aliphatic imine (C=N–C) groups is 1. The van der Waals surface area contributed by atoms with Crippen LogP contribution in [0.4, 0.5) is 0 Å². The summed E-state index contributed by atoms with van der Waals surface area (Å²) < 4.78 is 2.69. The van der Waals surface area contributed by atoms with Gasteiger partial charge in [0, 0.05) is 26.4 Å². The SMILES string of the molecule is C(=NCc1ccccc1)c1ccc(-c2ccc3sc4ccccc4c3c2)cc1. The van der Waals surface area contributed by atoms with E-state index in [2.05, 4.69) is 83.9 Å². The fraction of sp³-hybridized carbons (Fsp3) is 0.0385. The molecule has 5 rings (SSSR count).